The van der Waals surface area contributed by atoms with Crippen molar-refractivity contribution in [3.05, 3.63) is 52.0 Å². The first-order chi connectivity index (χ1) is 11.0. The topological polar surface area (TPSA) is 84.5 Å². The Balaban J connectivity index is 2.00. The molecule has 0 saturated carbocycles. The molecular formula is C16H17N3O4. The number of rotatable bonds is 4. The molecule has 7 nitrogen and oxygen atoms in total. The summed E-state index contributed by atoms with van der Waals surface area (Å²) in [6.07, 6.45) is 2.80. The lowest BCUT2D eigenvalue weighted by atomic mass is 9.90. The number of nitrogens with zero attached hydrogens (tertiary/aromatic N) is 2. The fourth-order valence-corrected chi connectivity index (χ4v) is 3.02. The smallest absolute Gasteiger partial charge is 0.336 e. The second-order valence-corrected chi connectivity index (χ2v) is 5.78. The van der Waals surface area contributed by atoms with Gasteiger partial charge in [-0.05, 0) is 18.6 Å². The minimum absolute atomic E-state index is 0.0642. The number of amides is 2. The Morgan fingerprint density at radius 3 is 2.87 bits per heavy atom. The van der Waals surface area contributed by atoms with Crippen LogP contribution < -0.4 is 15.8 Å². The highest BCUT2D eigenvalue weighted by Gasteiger charge is 2.44. The highest BCUT2D eigenvalue weighted by atomic mass is 16.5. The van der Waals surface area contributed by atoms with Crippen molar-refractivity contribution in [1.29, 1.82) is 0 Å². The largest absolute Gasteiger partial charge is 0.363 e. The molecule has 0 fully saturated rings. The Morgan fingerprint density at radius 1 is 1.43 bits per heavy atom. The third-order valence-corrected chi connectivity index (χ3v) is 4.18. The second-order valence-electron chi connectivity index (χ2n) is 5.78. The molecule has 2 heterocycles. The lowest BCUT2D eigenvalue weighted by Gasteiger charge is -2.30. The minimum Gasteiger partial charge on any atom is -0.336 e. The molecular weight excluding hydrogens is 298 g/mol. The molecule has 23 heavy (non-hydrogen) atoms. The highest BCUT2D eigenvalue weighted by Crippen LogP contribution is 2.42. The first-order valence-electron chi connectivity index (χ1n) is 7.24. The third-order valence-electron chi connectivity index (χ3n) is 4.18. The van der Waals surface area contributed by atoms with E-state index in [1.165, 1.54) is 11.7 Å². The summed E-state index contributed by atoms with van der Waals surface area (Å²) < 4.78 is 6.40. The number of anilines is 1. The fourth-order valence-electron chi connectivity index (χ4n) is 3.02. The van der Waals surface area contributed by atoms with E-state index in [-0.39, 0.29) is 12.6 Å². The summed E-state index contributed by atoms with van der Waals surface area (Å²) in [7, 11) is 0. The Morgan fingerprint density at radius 2 is 2.17 bits per heavy atom. The van der Waals surface area contributed by atoms with E-state index in [1.807, 2.05) is 31.2 Å². The first-order valence-corrected chi connectivity index (χ1v) is 7.24. The summed E-state index contributed by atoms with van der Waals surface area (Å²) in [5.41, 5.74) is 0.840. The van der Waals surface area contributed by atoms with E-state index in [0.717, 1.165) is 17.7 Å². The maximum atomic E-state index is 12.2. The maximum absolute atomic E-state index is 12.2. The predicted molar refractivity (Wildman–Crippen MR) is 82.8 cm³/mol. The van der Waals surface area contributed by atoms with Crippen LogP contribution in [0.5, 0.6) is 0 Å². The molecule has 1 aromatic carbocycles. The van der Waals surface area contributed by atoms with E-state index in [9.17, 15) is 14.4 Å². The average molecular weight is 315 g/mol. The van der Waals surface area contributed by atoms with E-state index >= 15 is 0 Å². The van der Waals surface area contributed by atoms with Crippen LogP contribution in [-0.2, 0) is 28.2 Å². The van der Waals surface area contributed by atoms with Crippen LogP contribution in [0.15, 0.2) is 39.8 Å². The summed E-state index contributed by atoms with van der Waals surface area (Å²) in [6, 6.07) is 7.54. The number of fused-ring (bicyclic) bond motifs is 1. The molecule has 1 atom stereocenters. The summed E-state index contributed by atoms with van der Waals surface area (Å²) in [6.45, 7) is 3.27. The van der Waals surface area contributed by atoms with Crippen LogP contribution in [0.3, 0.4) is 0 Å². The van der Waals surface area contributed by atoms with Crippen molar-refractivity contribution in [3.63, 3.8) is 0 Å². The van der Waals surface area contributed by atoms with Gasteiger partial charge in [-0.1, -0.05) is 18.2 Å². The lowest BCUT2D eigenvalue weighted by Crippen LogP contribution is -2.43. The molecule has 3 rings (SSSR count). The van der Waals surface area contributed by atoms with E-state index in [4.69, 9.17) is 4.52 Å². The molecule has 1 N–H and O–H groups in total. The van der Waals surface area contributed by atoms with Crippen molar-refractivity contribution >= 4 is 18.0 Å². The zero-order valence-electron chi connectivity index (χ0n) is 12.9. The highest BCUT2D eigenvalue weighted by molar-refractivity contribution is 5.82. The fraction of sp³-hybridized carbons (Fsp3) is 0.312. The molecule has 1 unspecified atom stereocenters. The van der Waals surface area contributed by atoms with Gasteiger partial charge in [-0.2, -0.15) is 4.74 Å². The van der Waals surface area contributed by atoms with Crippen LogP contribution in [0, 0.1) is 0 Å². The molecule has 2 amide bonds. The Labute approximate surface area is 132 Å². The molecule has 120 valence electrons. The minimum atomic E-state index is -0.812. The van der Waals surface area contributed by atoms with Crippen molar-refractivity contribution in [3.8, 4) is 0 Å². The molecule has 1 aliphatic heterocycles. The van der Waals surface area contributed by atoms with Crippen LogP contribution in [0.2, 0.25) is 0 Å². The van der Waals surface area contributed by atoms with Gasteiger partial charge in [-0.3, -0.25) is 9.59 Å². The maximum Gasteiger partial charge on any atom is 0.363 e. The number of nitrogens with one attached hydrogen (secondary N) is 1. The second kappa shape index (κ2) is 5.42. The van der Waals surface area contributed by atoms with E-state index < -0.39 is 11.2 Å². The van der Waals surface area contributed by atoms with Gasteiger partial charge >= 0.3 is 5.63 Å². The van der Waals surface area contributed by atoms with Crippen LogP contribution in [0.4, 0.5) is 5.69 Å². The van der Waals surface area contributed by atoms with E-state index in [1.54, 1.807) is 11.1 Å². The molecule has 1 aromatic heterocycles. The summed E-state index contributed by atoms with van der Waals surface area (Å²) >= 11 is 0. The Kier molecular flexibility index (Phi) is 3.55. The number of para-hydroxylation sites is 1. The van der Waals surface area contributed by atoms with E-state index in [0.29, 0.717) is 12.0 Å². The van der Waals surface area contributed by atoms with Crippen molar-refractivity contribution in [2.45, 2.75) is 32.5 Å². The molecule has 7 heteroatoms. The Hall–Kier alpha value is -2.83. The standard InChI is InChI=1S/C16H17N3O4/c1-11(21)17-9-18-8-13(15(22)23-18)16(2)7-12-5-3-4-6-14(12)19(16)10-20/h3-6,8,10H,7,9H2,1-2H3,(H,17,21). The van der Waals surface area contributed by atoms with Gasteiger partial charge < -0.3 is 14.7 Å². The average Bonchev–Trinajstić information content (AvgIpc) is 3.02. The summed E-state index contributed by atoms with van der Waals surface area (Å²) in [5.74, 6) is -0.225. The van der Waals surface area contributed by atoms with Crippen molar-refractivity contribution in [2.24, 2.45) is 0 Å². The molecule has 2 aromatic rings. The summed E-state index contributed by atoms with van der Waals surface area (Å²) in [5, 5.41) is 2.56. The van der Waals surface area contributed by atoms with Crippen LogP contribution >= 0.6 is 0 Å². The molecule has 0 spiro atoms. The van der Waals surface area contributed by atoms with Crippen LogP contribution in [0.25, 0.3) is 0 Å². The number of aromatic nitrogens is 1. The molecule has 0 bridgehead atoms. The number of hydrogen-bond donors (Lipinski definition) is 1. The molecule has 0 aliphatic carbocycles. The van der Waals surface area contributed by atoms with E-state index in [2.05, 4.69) is 5.32 Å². The van der Waals surface area contributed by atoms with Crippen LogP contribution in [0.1, 0.15) is 25.0 Å². The lowest BCUT2D eigenvalue weighted by molar-refractivity contribution is -0.119. The third kappa shape index (κ3) is 2.44. The normalized spacial score (nSPS) is 19.5. The number of carbonyl (C=O) groups is 2. The Bertz CT molecular complexity index is 823. The first kappa shape index (κ1) is 15.1. The number of carbonyl (C=O) groups excluding carboxylic acids is 2. The van der Waals surface area contributed by atoms with Gasteiger partial charge in [-0.25, -0.2) is 4.79 Å². The molecule has 0 radical (unpaired) electrons. The van der Waals surface area contributed by atoms with Crippen LogP contribution in [-0.4, -0.2) is 17.1 Å². The SMILES string of the molecule is CC(=O)NCn1cc(C2(C)Cc3ccccc3N2C=O)c(=O)o1. The number of hydrogen-bond acceptors (Lipinski definition) is 4. The molecule has 1 aliphatic rings. The van der Waals surface area contributed by atoms with Gasteiger partial charge in [0, 0.05) is 19.0 Å². The summed E-state index contributed by atoms with van der Waals surface area (Å²) in [4.78, 5) is 36.4. The quantitative estimate of drug-likeness (QED) is 0.852. The van der Waals surface area contributed by atoms with Gasteiger partial charge in [0.15, 0.2) is 0 Å². The van der Waals surface area contributed by atoms with Gasteiger partial charge in [-0.15, -0.1) is 0 Å². The van der Waals surface area contributed by atoms with Crippen molar-refractivity contribution in [2.75, 3.05) is 4.90 Å². The molecule has 0 saturated heterocycles. The predicted octanol–water partition coefficient (Wildman–Crippen LogP) is 0.969. The number of benzene rings is 1. The van der Waals surface area contributed by atoms with Gasteiger partial charge in [0.2, 0.25) is 12.3 Å². The van der Waals surface area contributed by atoms with Gasteiger partial charge in [0.05, 0.1) is 17.3 Å². The monoisotopic (exact) mass is 315 g/mol. The van der Waals surface area contributed by atoms with Crippen molar-refractivity contribution in [1.82, 2.24) is 10.1 Å². The van der Waals surface area contributed by atoms with Gasteiger partial charge in [0.1, 0.15) is 6.67 Å². The van der Waals surface area contributed by atoms with Crippen molar-refractivity contribution < 1.29 is 14.1 Å². The zero-order valence-corrected chi connectivity index (χ0v) is 12.9. The zero-order chi connectivity index (χ0) is 16.6. The van der Waals surface area contributed by atoms with Gasteiger partial charge in [0.25, 0.3) is 0 Å².